The van der Waals surface area contributed by atoms with E-state index in [0.717, 1.165) is 16.9 Å². The molecule has 1 aromatic rings. The first kappa shape index (κ1) is 20.7. The number of sulfonamides is 1. The molecule has 0 saturated carbocycles. The number of methoxy groups -OCH3 is 1. The van der Waals surface area contributed by atoms with Gasteiger partial charge in [0.15, 0.2) is 0 Å². The number of aryl methyl sites for hydroxylation is 1. The minimum Gasteiger partial charge on any atom is -0.487 e. The smallest absolute Gasteiger partial charge is 0.305 e. The molecule has 0 aliphatic carbocycles. The van der Waals surface area contributed by atoms with Crippen LogP contribution in [0.5, 0.6) is 5.75 Å². The molecule has 1 unspecified atom stereocenters. The third-order valence-corrected chi connectivity index (χ3v) is 5.90. The molecular formula is C19H29NO5S. The van der Waals surface area contributed by atoms with Crippen LogP contribution in [0.3, 0.4) is 0 Å². The largest absolute Gasteiger partial charge is 0.487 e. The highest BCUT2D eigenvalue weighted by Gasteiger charge is 2.39. The molecule has 0 saturated heterocycles. The van der Waals surface area contributed by atoms with Crippen LogP contribution >= 0.6 is 0 Å². The number of esters is 1. The van der Waals surface area contributed by atoms with E-state index in [-0.39, 0.29) is 12.0 Å². The fourth-order valence-electron chi connectivity index (χ4n) is 3.38. The van der Waals surface area contributed by atoms with Gasteiger partial charge in [-0.3, -0.25) is 4.79 Å². The van der Waals surface area contributed by atoms with Crippen molar-refractivity contribution in [2.75, 3.05) is 19.9 Å². The van der Waals surface area contributed by atoms with Gasteiger partial charge in [0.05, 0.1) is 19.4 Å². The molecule has 1 aromatic carbocycles. The average Bonchev–Trinajstić information content (AvgIpc) is 2.52. The highest BCUT2D eigenvalue weighted by molar-refractivity contribution is 7.88. The lowest BCUT2D eigenvalue weighted by Gasteiger charge is -2.41. The highest BCUT2D eigenvalue weighted by Crippen LogP contribution is 2.43. The van der Waals surface area contributed by atoms with Crippen LogP contribution in [-0.4, -0.2) is 44.2 Å². The molecule has 146 valence electrons. The summed E-state index contributed by atoms with van der Waals surface area (Å²) in [4.78, 5) is 11.3. The van der Waals surface area contributed by atoms with Crippen molar-refractivity contribution < 1.29 is 22.7 Å². The van der Waals surface area contributed by atoms with Crippen molar-refractivity contribution in [3.05, 3.63) is 29.3 Å². The Hall–Kier alpha value is -1.60. The number of hydrogen-bond acceptors (Lipinski definition) is 5. The van der Waals surface area contributed by atoms with Gasteiger partial charge in [-0.25, -0.2) is 8.42 Å². The molecule has 26 heavy (non-hydrogen) atoms. The Bertz CT molecular complexity index is 757. The molecule has 0 radical (unpaired) electrons. The zero-order valence-electron chi connectivity index (χ0n) is 16.2. The minimum atomic E-state index is -3.41. The van der Waals surface area contributed by atoms with E-state index < -0.39 is 15.6 Å². The monoisotopic (exact) mass is 383 g/mol. The molecule has 0 fully saturated rings. The Morgan fingerprint density at radius 3 is 2.65 bits per heavy atom. The summed E-state index contributed by atoms with van der Waals surface area (Å²) in [7, 11) is -2.06. The summed E-state index contributed by atoms with van der Waals surface area (Å²) < 4.78 is 37.3. The van der Waals surface area contributed by atoms with Crippen LogP contribution in [0.25, 0.3) is 0 Å². The molecule has 1 atom stereocenters. The van der Waals surface area contributed by atoms with E-state index in [1.54, 1.807) is 4.31 Å². The molecule has 0 N–H and O–H groups in total. The topological polar surface area (TPSA) is 72.9 Å². The van der Waals surface area contributed by atoms with Crippen LogP contribution in [0.15, 0.2) is 18.2 Å². The maximum Gasteiger partial charge on any atom is 0.305 e. The van der Waals surface area contributed by atoms with Crippen LogP contribution in [0.4, 0.5) is 0 Å². The van der Waals surface area contributed by atoms with Crippen molar-refractivity contribution >= 4 is 16.0 Å². The molecule has 2 rings (SSSR count). The number of ether oxygens (including phenoxy) is 2. The summed E-state index contributed by atoms with van der Waals surface area (Å²) >= 11 is 0. The lowest BCUT2D eigenvalue weighted by Crippen LogP contribution is -2.43. The van der Waals surface area contributed by atoms with Crippen LogP contribution in [0, 0.1) is 6.92 Å². The second-order valence-corrected chi connectivity index (χ2v) is 9.46. The zero-order chi connectivity index (χ0) is 19.5. The minimum absolute atomic E-state index is 0.274. The molecule has 0 amide bonds. The SMILES string of the molecule is COC(=O)CCCCN(C1CC(C)(C)Oc2ccc(C)cc21)S(C)(=O)=O. The number of fused-ring (bicyclic) bond motifs is 1. The molecule has 6 nitrogen and oxygen atoms in total. The molecule has 0 spiro atoms. The van der Waals surface area contributed by atoms with Gasteiger partial charge in [-0.1, -0.05) is 17.7 Å². The van der Waals surface area contributed by atoms with Crippen molar-refractivity contribution in [3.63, 3.8) is 0 Å². The summed E-state index contributed by atoms with van der Waals surface area (Å²) in [6.07, 6.45) is 3.30. The van der Waals surface area contributed by atoms with Gasteiger partial charge in [-0.15, -0.1) is 0 Å². The predicted octanol–water partition coefficient (Wildman–Crippen LogP) is 3.20. The van der Waals surface area contributed by atoms with Gasteiger partial charge in [-0.2, -0.15) is 4.31 Å². The Balaban J connectivity index is 2.27. The number of carbonyl (C=O) groups excluding carboxylic acids is 1. The number of rotatable bonds is 7. The summed E-state index contributed by atoms with van der Waals surface area (Å²) in [5.41, 5.74) is 1.51. The quantitative estimate of drug-likeness (QED) is 0.534. The second kappa shape index (κ2) is 7.96. The molecule has 0 bridgehead atoms. The van der Waals surface area contributed by atoms with Crippen molar-refractivity contribution in [1.82, 2.24) is 4.31 Å². The van der Waals surface area contributed by atoms with Crippen molar-refractivity contribution in [1.29, 1.82) is 0 Å². The normalized spacial score (nSPS) is 18.9. The third-order valence-electron chi connectivity index (χ3n) is 4.61. The van der Waals surface area contributed by atoms with Gasteiger partial charge in [0.2, 0.25) is 10.0 Å². The van der Waals surface area contributed by atoms with Crippen LogP contribution in [0.1, 0.15) is 56.7 Å². The summed E-state index contributed by atoms with van der Waals surface area (Å²) in [5, 5.41) is 0. The number of benzene rings is 1. The highest BCUT2D eigenvalue weighted by atomic mass is 32.2. The fourth-order valence-corrected chi connectivity index (χ4v) is 4.50. The van der Waals surface area contributed by atoms with E-state index in [0.29, 0.717) is 32.2 Å². The summed E-state index contributed by atoms with van der Waals surface area (Å²) in [5.74, 6) is 0.462. The Morgan fingerprint density at radius 1 is 1.35 bits per heavy atom. The molecular weight excluding hydrogens is 354 g/mol. The second-order valence-electron chi connectivity index (χ2n) is 7.53. The Labute approximate surface area is 156 Å². The van der Waals surface area contributed by atoms with Crippen molar-refractivity contribution in [3.8, 4) is 5.75 Å². The first-order chi connectivity index (χ1) is 12.0. The van der Waals surface area contributed by atoms with E-state index in [2.05, 4.69) is 4.74 Å². The lowest BCUT2D eigenvalue weighted by molar-refractivity contribution is -0.140. The number of nitrogens with zero attached hydrogens (tertiary/aromatic N) is 1. The van der Waals surface area contributed by atoms with Gasteiger partial charge < -0.3 is 9.47 Å². The molecule has 1 heterocycles. The molecule has 0 aromatic heterocycles. The first-order valence-corrected chi connectivity index (χ1v) is 10.7. The van der Waals surface area contributed by atoms with Gasteiger partial charge in [0, 0.05) is 24.9 Å². The maximum absolute atomic E-state index is 12.5. The van der Waals surface area contributed by atoms with E-state index in [9.17, 15) is 13.2 Å². The van der Waals surface area contributed by atoms with Crippen molar-refractivity contribution in [2.45, 2.75) is 58.1 Å². The Morgan fingerprint density at radius 2 is 2.04 bits per heavy atom. The van der Waals surface area contributed by atoms with Gasteiger partial charge in [-0.05, 0) is 39.7 Å². The molecule has 1 aliphatic rings. The number of carbonyl (C=O) groups is 1. The zero-order valence-corrected chi connectivity index (χ0v) is 17.1. The van der Waals surface area contributed by atoms with E-state index in [4.69, 9.17) is 4.74 Å². The average molecular weight is 384 g/mol. The van der Waals surface area contributed by atoms with E-state index in [1.807, 2.05) is 39.0 Å². The third kappa shape index (κ3) is 5.20. The fraction of sp³-hybridized carbons (Fsp3) is 0.632. The van der Waals surface area contributed by atoms with Gasteiger partial charge in [0.1, 0.15) is 11.4 Å². The predicted molar refractivity (Wildman–Crippen MR) is 101 cm³/mol. The maximum atomic E-state index is 12.5. The lowest BCUT2D eigenvalue weighted by atomic mass is 9.89. The van der Waals surface area contributed by atoms with Crippen LogP contribution < -0.4 is 4.74 Å². The standard InChI is InChI=1S/C19H29NO5S/c1-14-9-10-17-15(12-14)16(13-19(2,3)25-17)20(26(5,22)23)11-7-6-8-18(21)24-4/h9-10,12,16H,6-8,11,13H2,1-5H3. The van der Waals surface area contributed by atoms with Crippen LogP contribution in [0.2, 0.25) is 0 Å². The number of unbranched alkanes of at least 4 members (excludes halogenated alkanes) is 1. The van der Waals surface area contributed by atoms with Crippen LogP contribution in [-0.2, 0) is 19.6 Å². The molecule has 1 aliphatic heterocycles. The summed E-state index contributed by atoms with van der Waals surface area (Å²) in [6, 6.07) is 5.61. The van der Waals surface area contributed by atoms with Crippen molar-refractivity contribution in [2.24, 2.45) is 0 Å². The first-order valence-electron chi connectivity index (χ1n) is 8.87. The van der Waals surface area contributed by atoms with E-state index in [1.165, 1.54) is 13.4 Å². The van der Waals surface area contributed by atoms with Gasteiger partial charge >= 0.3 is 5.97 Å². The van der Waals surface area contributed by atoms with E-state index >= 15 is 0 Å². The number of hydrogen-bond donors (Lipinski definition) is 0. The van der Waals surface area contributed by atoms with Gasteiger partial charge in [0.25, 0.3) is 0 Å². The molecule has 7 heteroatoms. The Kier molecular flexibility index (Phi) is 6.34. The summed E-state index contributed by atoms with van der Waals surface area (Å²) in [6.45, 7) is 6.29.